The molecule has 1 aromatic carbocycles. The summed E-state index contributed by atoms with van der Waals surface area (Å²) >= 11 is 6.00. The first-order valence-corrected chi connectivity index (χ1v) is 10.1. The molecule has 0 saturated heterocycles. The smallest absolute Gasteiger partial charge is 0.332 e. The van der Waals surface area contributed by atoms with Crippen molar-refractivity contribution in [1.82, 2.24) is 18.7 Å². The van der Waals surface area contributed by atoms with Gasteiger partial charge in [-0.05, 0) is 49.0 Å². The Morgan fingerprint density at radius 2 is 1.93 bits per heavy atom. The Morgan fingerprint density at radius 1 is 1.21 bits per heavy atom. The molecule has 152 valence electrons. The van der Waals surface area contributed by atoms with Gasteiger partial charge in [0, 0.05) is 31.8 Å². The molecular formula is C21H23ClN4O3. The van der Waals surface area contributed by atoms with Gasteiger partial charge in [0.25, 0.3) is 5.56 Å². The summed E-state index contributed by atoms with van der Waals surface area (Å²) in [4.78, 5) is 30.5. The van der Waals surface area contributed by atoms with Crippen molar-refractivity contribution in [3.05, 3.63) is 67.6 Å². The first-order chi connectivity index (χ1) is 14.0. The van der Waals surface area contributed by atoms with Crippen LogP contribution in [-0.2, 0) is 20.1 Å². The summed E-state index contributed by atoms with van der Waals surface area (Å²) < 4.78 is 4.43. The summed E-state index contributed by atoms with van der Waals surface area (Å²) in [6.07, 6.45) is 6.72. The SMILES string of the molecule is Cn1c(=O)n(CCCO)c(=O)c2c1nc(/C=C/C1CC1)n2Cc1ccc(Cl)cc1. The predicted octanol–water partition coefficient (Wildman–Crippen LogP) is 2.40. The van der Waals surface area contributed by atoms with E-state index in [4.69, 9.17) is 16.7 Å². The topological polar surface area (TPSA) is 82.0 Å². The van der Waals surface area contributed by atoms with Crippen molar-refractivity contribution >= 4 is 28.8 Å². The zero-order chi connectivity index (χ0) is 20.5. The molecule has 2 aromatic heterocycles. The van der Waals surface area contributed by atoms with E-state index in [0.717, 1.165) is 5.56 Å². The molecule has 1 aliphatic rings. The lowest BCUT2D eigenvalue weighted by Gasteiger charge is -2.10. The van der Waals surface area contributed by atoms with E-state index >= 15 is 0 Å². The lowest BCUT2D eigenvalue weighted by molar-refractivity contribution is 0.277. The second kappa shape index (κ2) is 8.00. The fourth-order valence-corrected chi connectivity index (χ4v) is 3.51. The van der Waals surface area contributed by atoms with Gasteiger partial charge in [-0.2, -0.15) is 0 Å². The van der Waals surface area contributed by atoms with E-state index in [9.17, 15) is 9.59 Å². The molecule has 4 rings (SSSR count). The van der Waals surface area contributed by atoms with Crippen molar-refractivity contribution in [3.8, 4) is 0 Å². The third-order valence-electron chi connectivity index (χ3n) is 5.20. The number of rotatable bonds is 7. The molecule has 8 heteroatoms. The fourth-order valence-electron chi connectivity index (χ4n) is 3.38. The number of aliphatic hydroxyl groups excluding tert-OH is 1. The van der Waals surface area contributed by atoms with E-state index in [1.165, 1.54) is 22.0 Å². The molecule has 1 aliphatic carbocycles. The average molecular weight is 415 g/mol. The first-order valence-electron chi connectivity index (χ1n) is 9.73. The summed E-state index contributed by atoms with van der Waals surface area (Å²) in [5.41, 5.74) is 0.916. The van der Waals surface area contributed by atoms with E-state index in [2.05, 4.69) is 11.1 Å². The lowest BCUT2D eigenvalue weighted by atomic mass is 10.2. The summed E-state index contributed by atoms with van der Waals surface area (Å²) in [7, 11) is 1.62. The minimum atomic E-state index is -0.426. The highest BCUT2D eigenvalue weighted by Gasteiger charge is 2.21. The molecule has 1 saturated carbocycles. The van der Waals surface area contributed by atoms with Gasteiger partial charge in [0.05, 0.1) is 0 Å². The zero-order valence-electron chi connectivity index (χ0n) is 16.2. The second-order valence-electron chi connectivity index (χ2n) is 7.43. The molecule has 7 nitrogen and oxygen atoms in total. The molecule has 0 atom stereocenters. The number of benzene rings is 1. The van der Waals surface area contributed by atoms with Gasteiger partial charge in [-0.1, -0.05) is 29.8 Å². The number of imidazole rings is 1. The van der Waals surface area contributed by atoms with Gasteiger partial charge in [0.1, 0.15) is 5.82 Å². The molecule has 1 N–H and O–H groups in total. The number of hydrogen-bond acceptors (Lipinski definition) is 4. The van der Waals surface area contributed by atoms with Gasteiger partial charge in [-0.3, -0.25) is 13.9 Å². The quantitative estimate of drug-likeness (QED) is 0.643. The van der Waals surface area contributed by atoms with Gasteiger partial charge in [0.15, 0.2) is 11.2 Å². The van der Waals surface area contributed by atoms with E-state index in [-0.39, 0.29) is 18.7 Å². The largest absolute Gasteiger partial charge is 0.396 e. The van der Waals surface area contributed by atoms with E-state index in [1.54, 1.807) is 7.05 Å². The van der Waals surface area contributed by atoms with Crippen LogP contribution in [0.5, 0.6) is 0 Å². The highest BCUT2D eigenvalue weighted by atomic mass is 35.5. The van der Waals surface area contributed by atoms with Crippen molar-refractivity contribution in [2.75, 3.05) is 6.61 Å². The standard InChI is InChI=1S/C21H23ClN4O3/c1-24-19-18(20(28)25(21(24)29)11-2-12-27)26(13-15-5-8-16(22)9-6-15)17(23-19)10-7-14-3-4-14/h5-10,14,27H,2-4,11-13H2,1H3/b10-7+. The van der Waals surface area contributed by atoms with E-state index in [0.29, 0.717) is 40.9 Å². The van der Waals surface area contributed by atoms with Crippen LogP contribution in [0.2, 0.25) is 5.02 Å². The van der Waals surface area contributed by atoms with Gasteiger partial charge in [-0.25, -0.2) is 9.78 Å². The van der Waals surface area contributed by atoms with Crippen LogP contribution in [-0.4, -0.2) is 30.4 Å². The fraction of sp³-hybridized carbons (Fsp3) is 0.381. The predicted molar refractivity (Wildman–Crippen MR) is 113 cm³/mol. The number of fused-ring (bicyclic) bond motifs is 1. The van der Waals surface area contributed by atoms with E-state index in [1.807, 2.05) is 34.9 Å². The van der Waals surface area contributed by atoms with Gasteiger partial charge >= 0.3 is 5.69 Å². The minimum Gasteiger partial charge on any atom is -0.396 e. The molecular weight excluding hydrogens is 392 g/mol. The van der Waals surface area contributed by atoms with Crippen LogP contribution in [0.1, 0.15) is 30.7 Å². The van der Waals surface area contributed by atoms with Crippen LogP contribution in [0.3, 0.4) is 0 Å². The molecule has 0 unspecified atom stereocenters. The number of nitrogens with zero attached hydrogens (tertiary/aromatic N) is 4. The summed E-state index contributed by atoms with van der Waals surface area (Å²) in [6.45, 7) is 0.510. The number of halogens is 1. The van der Waals surface area contributed by atoms with Crippen molar-refractivity contribution in [1.29, 1.82) is 0 Å². The molecule has 29 heavy (non-hydrogen) atoms. The number of hydrogen-bond donors (Lipinski definition) is 1. The first kappa shape index (κ1) is 19.7. The number of aliphatic hydroxyl groups is 1. The molecule has 1 fully saturated rings. The minimum absolute atomic E-state index is 0.0902. The number of aryl methyl sites for hydroxylation is 1. The number of allylic oxidation sites excluding steroid dienone is 1. The van der Waals surface area contributed by atoms with Gasteiger partial charge in [-0.15, -0.1) is 0 Å². The van der Waals surface area contributed by atoms with Crippen LogP contribution in [0.15, 0.2) is 39.9 Å². The average Bonchev–Trinajstić information content (AvgIpc) is 3.47. The van der Waals surface area contributed by atoms with Crippen molar-refractivity contribution in [3.63, 3.8) is 0 Å². The molecule has 2 heterocycles. The molecule has 0 radical (unpaired) electrons. The maximum atomic E-state index is 13.2. The van der Waals surface area contributed by atoms with Crippen LogP contribution in [0.25, 0.3) is 17.2 Å². The molecule has 0 spiro atoms. The Balaban J connectivity index is 1.91. The Bertz CT molecular complexity index is 1180. The zero-order valence-corrected chi connectivity index (χ0v) is 17.0. The summed E-state index contributed by atoms with van der Waals surface area (Å²) in [5.74, 6) is 1.21. The Morgan fingerprint density at radius 3 is 2.59 bits per heavy atom. The van der Waals surface area contributed by atoms with Crippen LogP contribution in [0, 0.1) is 5.92 Å². The van der Waals surface area contributed by atoms with Crippen molar-refractivity contribution in [2.45, 2.75) is 32.4 Å². The maximum Gasteiger partial charge on any atom is 0.332 e. The van der Waals surface area contributed by atoms with Gasteiger partial charge in [0.2, 0.25) is 0 Å². The Hall–Kier alpha value is -2.64. The monoisotopic (exact) mass is 414 g/mol. The third-order valence-corrected chi connectivity index (χ3v) is 5.45. The molecule has 0 aliphatic heterocycles. The highest BCUT2D eigenvalue weighted by molar-refractivity contribution is 6.30. The molecule has 0 amide bonds. The third kappa shape index (κ3) is 3.93. The Labute approximate surface area is 172 Å². The summed E-state index contributed by atoms with van der Waals surface area (Å²) in [5, 5.41) is 9.78. The van der Waals surface area contributed by atoms with E-state index < -0.39 is 5.69 Å². The van der Waals surface area contributed by atoms with Crippen LogP contribution >= 0.6 is 11.6 Å². The van der Waals surface area contributed by atoms with Crippen LogP contribution < -0.4 is 11.2 Å². The normalized spacial score (nSPS) is 14.3. The molecule has 3 aromatic rings. The van der Waals surface area contributed by atoms with Crippen molar-refractivity contribution in [2.24, 2.45) is 13.0 Å². The lowest BCUT2D eigenvalue weighted by Crippen LogP contribution is -2.39. The highest BCUT2D eigenvalue weighted by Crippen LogP contribution is 2.31. The number of aromatic nitrogens is 4. The maximum absolute atomic E-state index is 13.2. The van der Waals surface area contributed by atoms with Crippen molar-refractivity contribution < 1.29 is 5.11 Å². The molecule has 0 bridgehead atoms. The summed E-state index contributed by atoms with van der Waals surface area (Å²) in [6, 6.07) is 7.44. The second-order valence-corrected chi connectivity index (χ2v) is 7.86. The van der Waals surface area contributed by atoms with Gasteiger partial charge < -0.3 is 9.67 Å². The van der Waals surface area contributed by atoms with Crippen LogP contribution in [0.4, 0.5) is 0 Å². The Kier molecular flexibility index (Phi) is 5.43.